The van der Waals surface area contributed by atoms with Crippen molar-refractivity contribution in [2.45, 2.75) is 59.5 Å². The van der Waals surface area contributed by atoms with Gasteiger partial charge in [-0.05, 0) is 37.5 Å². The Bertz CT molecular complexity index is 419. The van der Waals surface area contributed by atoms with E-state index in [4.69, 9.17) is 9.47 Å². The Morgan fingerprint density at radius 2 is 2.09 bits per heavy atom. The Morgan fingerprint density at radius 3 is 2.68 bits per heavy atom. The first-order chi connectivity index (χ1) is 10.3. The van der Waals surface area contributed by atoms with E-state index >= 15 is 0 Å². The van der Waals surface area contributed by atoms with Gasteiger partial charge >= 0.3 is 5.97 Å². The summed E-state index contributed by atoms with van der Waals surface area (Å²) in [6.07, 6.45) is 4.38. The Kier molecular flexibility index (Phi) is 7.07. The highest BCUT2D eigenvalue weighted by atomic mass is 16.5. The molecule has 0 saturated heterocycles. The Labute approximate surface area is 133 Å². The number of ether oxygens (including phenoxy) is 2. The van der Waals surface area contributed by atoms with E-state index in [2.05, 4.69) is 32.7 Å². The van der Waals surface area contributed by atoms with Gasteiger partial charge in [-0.2, -0.15) is 0 Å². The molecule has 2 unspecified atom stereocenters. The predicted octanol–water partition coefficient (Wildman–Crippen LogP) is 2.80. The molecule has 1 rings (SSSR count). The van der Waals surface area contributed by atoms with Crippen LogP contribution in [0.5, 0.6) is 0 Å². The van der Waals surface area contributed by atoms with Gasteiger partial charge in [0.1, 0.15) is 12.3 Å². The molecule has 0 radical (unpaired) electrons. The number of carbonyl (C=O) groups is 2. The fraction of sp³-hybridized carbons (Fsp3) is 0.765. The molecule has 1 amide bonds. The average molecular weight is 311 g/mol. The second-order valence-corrected chi connectivity index (χ2v) is 6.59. The SMILES string of the molecule is C=C(NC(=O)COC1CCCC(C)(C(C)C)C1)C(=O)OCC. The van der Waals surface area contributed by atoms with Crippen LogP contribution < -0.4 is 5.32 Å². The van der Waals surface area contributed by atoms with Crippen LogP contribution in [0.4, 0.5) is 0 Å². The monoisotopic (exact) mass is 311 g/mol. The van der Waals surface area contributed by atoms with Crippen LogP contribution in [-0.4, -0.2) is 31.2 Å². The van der Waals surface area contributed by atoms with Crippen molar-refractivity contribution in [2.24, 2.45) is 11.3 Å². The molecule has 1 N–H and O–H groups in total. The molecule has 5 nitrogen and oxygen atoms in total. The molecule has 0 spiro atoms. The second kappa shape index (κ2) is 8.32. The minimum atomic E-state index is -0.610. The van der Waals surface area contributed by atoms with Gasteiger partial charge in [0.15, 0.2) is 0 Å². The van der Waals surface area contributed by atoms with E-state index in [9.17, 15) is 9.59 Å². The minimum absolute atomic E-state index is 0.0499. The van der Waals surface area contributed by atoms with E-state index in [1.54, 1.807) is 6.92 Å². The van der Waals surface area contributed by atoms with Gasteiger partial charge in [0.25, 0.3) is 5.91 Å². The lowest BCUT2D eigenvalue weighted by atomic mass is 9.67. The van der Waals surface area contributed by atoms with Crippen LogP contribution >= 0.6 is 0 Å². The molecule has 1 fully saturated rings. The standard InChI is InChI=1S/C17H29NO4/c1-6-21-16(20)13(4)18-15(19)11-22-14-8-7-9-17(5,10-14)12(2)3/h12,14H,4,6-11H2,1-3,5H3,(H,18,19). The van der Waals surface area contributed by atoms with Crippen molar-refractivity contribution >= 4 is 11.9 Å². The van der Waals surface area contributed by atoms with Gasteiger partial charge in [-0.25, -0.2) is 4.79 Å². The number of nitrogens with one attached hydrogen (secondary N) is 1. The fourth-order valence-corrected chi connectivity index (χ4v) is 2.79. The topological polar surface area (TPSA) is 64.6 Å². The predicted molar refractivity (Wildman–Crippen MR) is 85.1 cm³/mol. The largest absolute Gasteiger partial charge is 0.461 e. The first-order valence-corrected chi connectivity index (χ1v) is 8.06. The maximum absolute atomic E-state index is 11.8. The summed E-state index contributed by atoms with van der Waals surface area (Å²) in [6.45, 7) is 12.1. The molecule has 0 aliphatic heterocycles. The summed E-state index contributed by atoms with van der Waals surface area (Å²) in [5.41, 5.74) is 0.222. The molecule has 2 atom stereocenters. The van der Waals surface area contributed by atoms with E-state index in [0.29, 0.717) is 5.92 Å². The zero-order chi connectivity index (χ0) is 16.8. The fourth-order valence-electron chi connectivity index (χ4n) is 2.79. The van der Waals surface area contributed by atoms with Gasteiger partial charge in [0.2, 0.25) is 0 Å². The van der Waals surface area contributed by atoms with Gasteiger partial charge < -0.3 is 14.8 Å². The van der Waals surface area contributed by atoms with Gasteiger partial charge in [0, 0.05) is 0 Å². The number of hydrogen-bond acceptors (Lipinski definition) is 4. The van der Waals surface area contributed by atoms with Crippen molar-refractivity contribution in [3.63, 3.8) is 0 Å². The molecule has 126 valence electrons. The molecule has 1 aliphatic rings. The highest BCUT2D eigenvalue weighted by Crippen LogP contribution is 2.42. The number of hydrogen-bond donors (Lipinski definition) is 1. The van der Waals surface area contributed by atoms with Gasteiger partial charge in [-0.15, -0.1) is 0 Å². The van der Waals surface area contributed by atoms with Crippen LogP contribution in [-0.2, 0) is 19.1 Å². The van der Waals surface area contributed by atoms with Crippen molar-refractivity contribution in [3.05, 3.63) is 12.3 Å². The first kappa shape index (κ1) is 18.7. The third kappa shape index (κ3) is 5.44. The molecule has 0 heterocycles. The zero-order valence-corrected chi connectivity index (χ0v) is 14.2. The number of rotatable bonds is 7. The Morgan fingerprint density at radius 1 is 1.41 bits per heavy atom. The third-order valence-electron chi connectivity index (χ3n) is 4.62. The van der Waals surface area contributed by atoms with E-state index in [-0.39, 0.29) is 36.3 Å². The molecule has 0 aromatic heterocycles. The van der Waals surface area contributed by atoms with Gasteiger partial charge in [-0.3, -0.25) is 4.79 Å². The van der Waals surface area contributed by atoms with Gasteiger partial charge in [0.05, 0.1) is 12.7 Å². The summed E-state index contributed by atoms with van der Waals surface area (Å²) in [5, 5.41) is 2.41. The van der Waals surface area contributed by atoms with E-state index in [1.165, 1.54) is 6.42 Å². The van der Waals surface area contributed by atoms with E-state index < -0.39 is 5.97 Å². The van der Waals surface area contributed by atoms with E-state index in [0.717, 1.165) is 19.3 Å². The molecule has 5 heteroatoms. The molecular formula is C17H29NO4. The maximum Gasteiger partial charge on any atom is 0.354 e. The third-order valence-corrected chi connectivity index (χ3v) is 4.62. The normalized spacial score (nSPS) is 24.9. The zero-order valence-electron chi connectivity index (χ0n) is 14.2. The van der Waals surface area contributed by atoms with E-state index in [1.807, 2.05) is 0 Å². The van der Waals surface area contributed by atoms with Crippen LogP contribution in [0.25, 0.3) is 0 Å². The molecule has 0 bridgehead atoms. The molecule has 0 aromatic rings. The quantitative estimate of drug-likeness (QED) is 0.580. The Balaban J connectivity index is 2.38. The molecule has 1 saturated carbocycles. The summed E-state index contributed by atoms with van der Waals surface area (Å²) in [4.78, 5) is 23.2. The van der Waals surface area contributed by atoms with Gasteiger partial charge in [-0.1, -0.05) is 33.8 Å². The summed E-state index contributed by atoms with van der Waals surface area (Å²) < 4.78 is 10.5. The highest BCUT2D eigenvalue weighted by molar-refractivity contribution is 5.93. The van der Waals surface area contributed by atoms with Crippen molar-refractivity contribution in [2.75, 3.05) is 13.2 Å². The average Bonchev–Trinajstić information content (AvgIpc) is 2.45. The summed E-state index contributed by atoms with van der Waals surface area (Å²) in [7, 11) is 0. The van der Waals surface area contributed by atoms with Crippen LogP contribution in [0.2, 0.25) is 0 Å². The molecule has 1 aliphatic carbocycles. The van der Waals surface area contributed by atoms with Crippen molar-refractivity contribution < 1.29 is 19.1 Å². The van der Waals surface area contributed by atoms with Crippen molar-refractivity contribution in [3.8, 4) is 0 Å². The highest BCUT2D eigenvalue weighted by Gasteiger charge is 2.35. The van der Waals surface area contributed by atoms with Crippen LogP contribution in [0.3, 0.4) is 0 Å². The summed E-state index contributed by atoms with van der Waals surface area (Å²) in [6, 6.07) is 0. The first-order valence-electron chi connectivity index (χ1n) is 8.06. The lowest BCUT2D eigenvalue weighted by molar-refractivity contribution is -0.140. The van der Waals surface area contributed by atoms with Crippen LogP contribution in [0.15, 0.2) is 12.3 Å². The number of amides is 1. The lowest BCUT2D eigenvalue weighted by Gasteiger charge is -2.41. The minimum Gasteiger partial charge on any atom is -0.461 e. The molecular weight excluding hydrogens is 282 g/mol. The van der Waals surface area contributed by atoms with Crippen molar-refractivity contribution in [1.29, 1.82) is 0 Å². The maximum atomic E-state index is 11.8. The smallest absolute Gasteiger partial charge is 0.354 e. The van der Waals surface area contributed by atoms with Crippen LogP contribution in [0.1, 0.15) is 53.4 Å². The summed E-state index contributed by atoms with van der Waals surface area (Å²) in [5.74, 6) is -0.382. The van der Waals surface area contributed by atoms with Crippen molar-refractivity contribution in [1.82, 2.24) is 5.32 Å². The van der Waals surface area contributed by atoms with Crippen LogP contribution in [0, 0.1) is 11.3 Å². The molecule has 22 heavy (non-hydrogen) atoms. The lowest BCUT2D eigenvalue weighted by Crippen LogP contribution is -2.37. The second-order valence-electron chi connectivity index (χ2n) is 6.59. The summed E-state index contributed by atoms with van der Waals surface area (Å²) >= 11 is 0. The Hall–Kier alpha value is -1.36. The number of esters is 1. The molecule has 0 aromatic carbocycles. The number of carbonyl (C=O) groups excluding carboxylic acids is 2.